The zero-order chi connectivity index (χ0) is 12.0. The van der Waals surface area contributed by atoms with Crippen LogP contribution >= 0.6 is 0 Å². The first-order chi connectivity index (χ1) is 7.69. The normalized spacial score (nSPS) is 10.6. The summed E-state index contributed by atoms with van der Waals surface area (Å²) in [4.78, 5) is 2.23. The van der Waals surface area contributed by atoms with Crippen molar-refractivity contribution in [3.63, 3.8) is 0 Å². The number of hydrogen-bond acceptors (Lipinski definition) is 3. The number of rotatable bonds is 6. The first kappa shape index (κ1) is 12.8. The third kappa shape index (κ3) is 3.42. The maximum absolute atomic E-state index is 5.79. The minimum atomic E-state index is 0.192. The number of nitrogens with two attached hydrogens (primary N) is 1. The van der Waals surface area contributed by atoms with Gasteiger partial charge in [-0.05, 0) is 32.9 Å². The van der Waals surface area contributed by atoms with Crippen LogP contribution in [0.25, 0.3) is 0 Å². The summed E-state index contributed by atoms with van der Waals surface area (Å²) in [5.41, 5.74) is 6.74. The number of para-hydroxylation sites is 2. The van der Waals surface area contributed by atoms with Gasteiger partial charge in [0.2, 0.25) is 0 Å². The zero-order valence-electron chi connectivity index (χ0n) is 10.4. The lowest BCUT2D eigenvalue weighted by Gasteiger charge is -2.25. The van der Waals surface area contributed by atoms with E-state index in [1.54, 1.807) is 0 Å². The first-order valence-corrected chi connectivity index (χ1v) is 5.89. The Bertz CT molecular complexity index is 313. The molecule has 0 aromatic heterocycles. The van der Waals surface area contributed by atoms with Crippen molar-refractivity contribution in [3.05, 3.63) is 24.3 Å². The molecule has 3 heteroatoms. The summed E-state index contributed by atoms with van der Waals surface area (Å²) in [6.07, 6.45) is 0.192. The molecule has 0 fully saturated rings. The van der Waals surface area contributed by atoms with Gasteiger partial charge in [0, 0.05) is 19.6 Å². The van der Waals surface area contributed by atoms with E-state index < -0.39 is 0 Å². The van der Waals surface area contributed by atoms with E-state index in [-0.39, 0.29) is 6.10 Å². The molecule has 2 N–H and O–H groups in total. The molecule has 0 atom stereocenters. The lowest BCUT2D eigenvalue weighted by Crippen LogP contribution is -2.29. The van der Waals surface area contributed by atoms with Gasteiger partial charge in [-0.25, -0.2) is 0 Å². The topological polar surface area (TPSA) is 38.5 Å². The van der Waals surface area contributed by atoms with Gasteiger partial charge in [0.15, 0.2) is 0 Å². The molecule has 0 heterocycles. The van der Waals surface area contributed by atoms with Crippen molar-refractivity contribution in [2.75, 3.05) is 24.5 Å². The minimum Gasteiger partial charge on any atom is -0.489 e. The average molecular weight is 222 g/mol. The Morgan fingerprint density at radius 3 is 2.56 bits per heavy atom. The monoisotopic (exact) mass is 222 g/mol. The maximum atomic E-state index is 5.79. The Kier molecular flexibility index (Phi) is 5.12. The molecule has 16 heavy (non-hydrogen) atoms. The van der Waals surface area contributed by atoms with Crippen LogP contribution in [0.1, 0.15) is 20.8 Å². The standard InChI is InChI=1S/C13H22N2O/c1-4-15(10-9-14)12-7-5-6-8-13(12)16-11(2)3/h5-8,11H,4,9-10,14H2,1-3H3. The van der Waals surface area contributed by atoms with Gasteiger partial charge in [-0.3, -0.25) is 0 Å². The lowest BCUT2D eigenvalue weighted by atomic mass is 10.2. The molecule has 0 amide bonds. The fraction of sp³-hybridized carbons (Fsp3) is 0.538. The van der Waals surface area contributed by atoms with Crippen molar-refractivity contribution < 1.29 is 4.74 Å². The fourth-order valence-corrected chi connectivity index (χ4v) is 1.68. The van der Waals surface area contributed by atoms with E-state index in [0.717, 1.165) is 24.5 Å². The van der Waals surface area contributed by atoms with Crippen molar-refractivity contribution in [2.24, 2.45) is 5.73 Å². The molecular weight excluding hydrogens is 200 g/mol. The number of anilines is 1. The molecule has 1 aromatic carbocycles. The predicted molar refractivity (Wildman–Crippen MR) is 69.1 cm³/mol. The Morgan fingerprint density at radius 1 is 1.31 bits per heavy atom. The van der Waals surface area contributed by atoms with Crippen LogP contribution in [-0.2, 0) is 0 Å². The molecule has 0 aliphatic heterocycles. The summed E-state index contributed by atoms with van der Waals surface area (Å²) < 4.78 is 5.79. The van der Waals surface area contributed by atoms with Crippen LogP contribution in [-0.4, -0.2) is 25.7 Å². The molecule has 0 bridgehead atoms. The van der Waals surface area contributed by atoms with Crippen LogP contribution < -0.4 is 15.4 Å². The summed E-state index contributed by atoms with van der Waals surface area (Å²) in [5, 5.41) is 0. The zero-order valence-corrected chi connectivity index (χ0v) is 10.4. The van der Waals surface area contributed by atoms with Gasteiger partial charge >= 0.3 is 0 Å². The molecule has 0 unspecified atom stereocenters. The molecule has 0 aliphatic carbocycles. The maximum Gasteiger partial charge on any atom is 0.142 e. The molecule has 90 valence electrons. The molecule has 0 spiro atoms. The molecule has 0 saturated heterocycles. The number of benzene rings is 1. The molecule has 1 aromatic rings. The second-order valence-corrected chi connectivity index (χ2v) is 4.00. The Labute approximate surface area is 98.2 Å². The molecular formula is C13H22N2O. The van der Waals surface area contributed by atoms with Crippen LogP contribution in [0.2, 0.25) is 0 Å². The van der Waals surface area contributed by atoms with Gasteiger partial charge in [-0.2, -0.15) is 0 Å². The highest BCUT2D eigenvalue weighted by Gasteiger charge is 2.10. The Hall–Kier alpha value is -1.22. The second-order valence-electron chi connectivity index (χ2n) is 4.00. The third-order valence-electron chi connectivity index (χ3n) is 2.35. The largest absolute Gasteiger partial charge is 0.489 e. The smallest absolute Gasteiger partial charge is 0.142 e. The number of ether oxygens (including phenoxy) is 1. The first-order valence-electron chi connectivity index (χ1n) is 5.89. The van der Waals surface area contributed by atoms with Crippen LogP contribution in [0, 0.1) is 0 Å². The van der Waals surface area contributed by atoms with Crippen molar-refractivity contribution in [2.45, 2.75) is 26.9 Å². The van der Waals surface area contributed by atoms with Gasteiger partial charge in [-0.15, -0.1) is 0 Å². The summed E-state index contributed by atoms with van der Waals surface area (Å²) in [6, 6.07) is 8.12. The van der Waals surface area contributed by atoms with E-state index in [9.17, 15) is 0 Å². The van der Waals surface area contributed by atoms with Crippen LogP contribution in [0.15, 0.2) is 24.3 Å². The molecule has 3 nitrogen and oxygen atoms in total. The van der Waals surface area contributed by atoms with Crippen molar-refractivity contribution in [3.8, 4) is 5.75 Å². The number of nitrogens with zero attached hydrogens (tertiary/aromatic N) is 1. The van der Waals surface area contributed by atoms with E-state index >= 15 is 0 Å². The number of hydrogen-bond donors (Lipinski definition) is 1. The molecule has 1 rings (SSSR count). The predicted octanol–water partition coefficient (Wildman–Crippen LogP) is 2.26. The highest BCUT2D eigenvalue weighted by molar-refractivity contribution is 5.58. The minimum absolute atomic E-state index is 0.192. The summed E-state index contributed by atoms with van der Waals surface area (Å²) in [7, 11) is 0. The average Bonchev–Trinajstić information content (AvgIpc) is 2.26. The highest BCUT2D eigenvalue weighted by atomic mass is 16.5. The van der Waals surface area contributed by atoms with Gasteiger partial charge in [0.1, 0.15) is 5.75 Å². The highest BCUT2D eigenvalue weighted by Crippen LogP contribution is 2.28. The number of likely N-dealkylation sites (N-methyl/N-ethyl adjacent to an activating group) is 1. The van der Waals surface area contributed by atoms with Gasteiger partial charge in [0.25, 0.3) is 0 Å². The van der Waals surface area contributed by atoms with Gasteiger partial charge < -0.3 is 15.4 Å². The second kappa shape index (κ2) is 6.38. The lowest BCUT2D eigenvalue weighted by molar-refractivity contribution is 0.243. The fourth-order valence-electron chi connectivity index (χ4n) is 1.68. The molecule has 0 radical (unpaired) electrons. The summed E-state index contributed by atoms with van der Waals surface area (Å²) in [6.45, 7) is 8.66. The Balaban J connectivity index is 2.91. The molecule has 0 saturated carbocycles. The van der Waals surface area contributed by atoms with Crippen molar-refractivity contribution in [1.29, 1.82) is 0 Å². The van der Waals surface area contributed by atoms with Crippen molar-refractivity contribution in [1.82, 2.24) is 0 Å². The Morgan fingerprint density at radius 2 is 2.00 bits per heavy atom. The van der Waals surface area contributed by atoms with E-state index in [2.05, 4.69) is 17.9 Å². The van der Waals surface area contributed by atoms with E-state index in [1.807, 2.05) is 32.0 Å². The van der Waals surface area contributed by atoms with Gasteiger partial charge in [0.05, 0.1) is 11.8 Å². The van der Waals surface area contributed by atoms with Crippen LogP contribution in [0.3, 0.4) is 0 Å². The molecule has 0 aliphatic rings. The summed E-state index contributed by atoms with van der Waals surface area (Å²) >= 11 is 0. The van der Waals surface area contributed by atoms with E-state index in [1.165, 1.54) is 0 Å². The summed E-state index contributed by atoms with van der Waals surface area (Å²) in [5.74, 6) is 0.938. The van der Waals surface area contributed by atoms with Crippen LogP contribution in [0.4, 0.5) is 5.69 Å². The van der Waals surface area contributed by atoms with Crippen LogP contribution in [0.5, 0.6) is 5.75 Å². The quantitative estimate of drug-likeness (QED) is 0.802. The van der Waals surface area contributed by atoms with E-state index in [0.29, 0.717) is 6.54 Å². The third-order valence-corrected chi connectivity index (χ3v) is 2.35. The van der Waals surface area contributed by atoms with E-state index in [4.69, 9.17) is 10.5 Å². The van der Waals surface area contributed by atoms with Crippen molar-refractivity contribution >= 4 is 5.69 Å². The van der Waals surface area contributed by atoms with Gasteiger partial charge in [-0.1, -0.05) is 12.1 Å². The SMILES string of the molecule is CCN(CCN)c1ccccc1OC(C)C.